The van der Waals surface area contributed by atoms with Crippen molar-refractivity contribution in [2.75, 3.05) is 0 Å². The zero-order valence-electron chi connectivity index (χ0n) is 15.7. The van der Waals surface area contributed by atoms with Crippen LogP contribution in [0, 0.1) is 6.92 Å². The SMILES string of the molecule is Cc1nccn1-c1cc(CNC(=O)Cn2c(=O)n(C)c3ccccc32)ccn1. The van der Waals surface area contributed by atoms with Gasteiger partial charge in [0.2, 0.25) is 5.91 Å². The Hall–Kier alpha value is -3.68. The minimum Gasteiger partial charge on any atom is -0.350 e. The lowest BCUT2D eigenvalue weighted by Gasteiger charge is -2.09. The first-order chi connectivity index (χ1) is 13.5. The number of rotatable bonds is 5. The average molecular weight is 376 g/mol. The van der Waals surface area contributed by atoms with Crippen LogP contribution in [0.25, 0.3) is 16.9 Å². The predicted molar refractivity (Wildman–Crippen MR) is 105 cm³/mol. The fourth-order valence-corrected chi connectivity index (χ4v) is 3.24. The average Bonchev–Trinajstić information content (AvgIpc) is 3.24. The van der Waals surface area contributed by atoms with Gasteiger partial charge >= 0.3 is 5.69 Å². The van der Waals surface area contributed by atoms with E-state index >= 15 is 0 Å². The van der Waals surface area contributed by atoms with Gasteiger partial charge in [-0.25, -0.2) is 14.8 Å². The molecule has 1 N–H and O–H groups in total. The van der Waals surface area contributed by atoms with Crippen LogP contribution in [0.15, 0.2) is 59.8 Å². The molecule has 8 nitrogen and oxygen atoms in total. The molecule has 0 atom stereocenters. The zero-order chi connectivity index (χ0) is 19.7. The number of imidazole rings is 2. The first-order valence-corrected chi connectivity index (χ1v) is 8.91. The smallest absolute Gasteiger partial charge is 0.329 e. The van der Waals surface area contributed by atoms with Crippen LogP contribution in [0.3, 0.4) is 0 Å². The van der Waals surface area contributed by atoms with Crippen molar-refractivity contribution in [2.24, 2.45) is 7.05 Å². The Morgan fingerprint density at radius 3 is 2.64 bits per heavy atom. The second kappa shape index (κ2) is 7.15. The molecule has 28 heavy (non-hydrogen) atoms. The van der Waals surface area contributed by atoms with Crippen LogP contribution in [-0.2, 0) is 24.9 Å². The van der Waals surface area contributed by atoms with Crippen molar-refractivity contribution in [3.8, 4) is 5.82 Å². The number of hydrogen-bond donors (Lipinski definition) is 1. The van der Waals surface area contributed by atoms with Crippen molar-refractivity contribution in [3.63, 3.8) is 0 Å². The third kappa shape index (κ3) is 3.20. The number of fused-ring (bicyclic) bond motifs is 1. The highest BCUT2D eigenvalue weighted by Crippen LogP contribution is 2.12. The number of pyridine rings is 1. The maximum atomic E-state index is 12.4. The fraction of sp³-hybridized carbons (Fsp3) is 0.200. The molecule has 0 spiro atoms. The molecule has 142 valence electrons. The van der Waals surface area contributed by atoms with Crippen molar-refractivity contribution in [3.05, 3.63) is 76.9 Å². The van der Waals surface area contributed by atoms with E-state index in [1.807, 2.05) is 54.1 Å². The quantitative estimate of drug-likeness (QED) is 0.572. The van der Waals surface area contributed by atoms with Gasteiger partial charge in [-0.1, -0.05) is 12.1 Å². The number of aryl methyl sites for hydroxylation is 2. The number of nitrogens with one attached hydrogen (secondary N) is 1. The monoisotopic (exact) mass is 376 g/mol. The molecule has 0 aliphatic heterocycles. The van der Waals surface area contributed by atoms with Crippen LogP contribution in [0.2, 0.25) is 0 Å². The summed E-state index contributed by atoms with van der Waals surface area (Å²) >= 11 is 0. The van der Waals surface area contributed by atoms with Gasteiger partial charge in [-0.05, 0) is 36.8 Å². The van der Waals surface area contributed by atoms with Gasteiger partial charge in [-0.15, -0.1) is 0 Å². The highest BCUT2D eigenvalue weighted by atomic mass is 16.2. The standard InChI is InChI=1S/C20H20N6O2/c1-14-21-9-10-25(14)18-11-15(7-8-22-18)12-23-19(27)13-26-17-6-4-3-5-16(17)24(2)20(26)28/h3-11H,12-13H2,1-2H3,(H,23,27). The Labute approximate surface area is 161 Å². The molecule has 0 unspecified atom stereocenters. The number of carbonyl (C=O) groups excluding carboxylic acids is 1. The second-order valence-electron chi connectivity index (χ2n) is 6.56. The van der Waals surface area contributed by atoms with Crippen molar-refractivity contribution >= 4 is 16.9 Å². The number of carbonyl (C=O) groups is 1. The predicted octanol–water partition coefficient (Wildman–Crippen LogP) is 1.55. The maximum Gasteiger partial charge on any atom is 0.329 e. The lowest BCUT2D eigenvalue weighted by molar-refractivity contribution is -0.121. The Balaban J connectivity index is 1.48. The largest absolute Gasteiger partial charge is 0.350 e. The van der Waals surface area contributed by atoms with Crippen LogP contribution >= 0.6 is 0 Å². The van der Waals surface area contributed by atoms with E-state index in [-0.39, 0.29) is 18.1 Å². The van der Waals surface area contributed by atoms with Crippen molar-refractivity contribution < 1.29 is 4.79 Å². The van der Waals surface area contributed by atoms with Gasteiger partial charge in [-0.2, -0.15) is 0 Å². The summed E-state index contributed by atoms with van der Waals surface area (Å²) in [4.78, 5) is 33.4. The van der Waals surface area contributed by atoms with Crippen molar-refractivity contribution in [1.82, 2.24) is 29.0 Å². The summed E-state index contributed by atoms with van der Waals surface area (Å²) in [5.41, 5.74) is 2.25. The molecule has 8 heteroatoms. The van der Waals surface area contributed by atoms with Gasteiger partial charge < -0.3 is 5.32 Å². The lowest BCUT2D eigenvalue weighted by atomic mass is 10.2. The molecule has 4 aromatic rings. The molecule has 0 saturated heterocycles. The molecular formula is C20H20N6O2. The number of benzene rings is 1. The van der Waals surface area contributed by atoms with E-state index in [1.54, 1.807) is 24.0 Å². The van der Waals surface area contributed by atoms with E-state index in [4.69, 9.17) is 0 Å². The first-order valence-electron chi connectivity index (χ1n) is 8.91. The second-order valence-corrected chi connectivity index (χ2v) is 6.56. The minimum atomic E-state index is -0.226. The Morgan fingerprint density at radius 2 is 1.89 bits per heavy atom. The molecule has 1 amide bonds. The fourth-order valence-electron chi connectivity index (χ4n) is 3.24. The van der Waals surface area contributed by atoms with Gasteiger partial charge in [0.05, 0.1) is 11.0 Å². The number of amides is 1. The van der Waals surface area contributed by atoms with Crippen LogP contribution in [0.4, 0.5) is 0 Å². The topological polar surface area (TPSA) is 86.7 Å². The van der Waals surface area contributed by atoms with Crippen LogP contribution in [0.1, 0.15) is 11.4 Å². The molecule has 4 rings (SSSR count). The van der Waals surface area contributed by atoms with E-state index in [9.17, 15) is 9.59 Å². The summed E-state index contributed by atoms with van der Waals surface area (Å²) in [5.74, 6) is 1.35. The van der Waals surface area contributed by atoms with Crippen molar-refractivity contribution in [1.29, 1.82) is 0 Å². The van der Waals surface area contributed by atoms with E-state index in [0.29, 0.717) is 6.54 Å². The summed E-state index contributed by atoms with van der Waals surface area (Å²) in [5, 5.41) is 2.88. The van der Waals surface area contributed by atoms with Gasteiger partial charge in [0.25, 0.3) is 0 Å². The van der Waals surface area contributed by atoms with E-state index in [2.05, 4.69) is 15.3 Å². The van der Waals surface area contributed by atoms with Gasteiger partial charge in [0.1, 0.15) is 18.2 Å². The van der Waals surface area contributed by atoms with E-state index in [1.165, 1.54) is 4.57 Å². The summed E-state index contributed by atoms with van der Waals surface area (Å²) in [6.45, 7) is 2.22. The summed E-state index contributed by atoms with van der Waals surface area (Å²) in [7, 11) is 1.70. The zero-order valence-corrected chi connectivity index (χ0v) is 15.7. The summed E-state index contributed by atoms with van der Waals surface area (Å²) < 4.78 is 4.91. The minimum absolute atomic E-state index is 0.0290. The Kier molecular flexibility index (Phi) is 4.52. The molecule has 3 aromatic heterocycles. The lowest BCUT2D eigenvalue weighted by Crippen LogP contribution is -2.32. The molecule has 3 heterocycles. The molecule has 0 radical (unpaired) electrons. The number of aromatic nitrogens is 5. The normalized spacial score (nSPS) is 11.1. The molecule has 1 aromatic carbocycles. The number of para-hydroxylation sites is 2. The molecular weight excluding hydrogens is 356 g/mol. The third-order valence-corrected chi connectivity index (χ3v) is 4.73. The first kappa shape index (κ1) is 17.7. The summed E-state index contributed by atoms with van der Waals surface area (Å²) in [6, 6.07) is 11.2. The van der Waals surface area contributed by atoms with Gasteiger partial charge in [-0.3, -0.25) is 18.5 Å². The van der Waals surface area contributed by atoms with Crippen LogP contribution in [0.5, 0.6) is 0 Å². The molecule has 0 bridgehead atoms. The number of hydrogen-bond acceptors (Lipinski definition) is 4. The van der Waals surface area contributed by atoms with E-state index in [0.717, 1.165) is 28.2 Å². The van der Waals surface area contributed by atoms with Gasteiger partial charge in [0, 0.05) is 32.2 Å². The Bertz CT molecular complexity index is 1220. The number of nitrogens with zero attached hydrogens (tertiary/aromatic N) is 5. The van der Waals surface area contributed by atoms with E-state index < -0.39 is 0 Å². The van der Waals surface area contributed by atoms with Gasteiger partial charge in [0.15, 0.2) is 0 Å². The molecule has 0 fully saturated rings. The third-order valence-electron chi connectivity index (χ3n) is 4.73. The van der Waals surface area contributed by atoms with Crippen LogP contribution in [-0.4, -0.2) is 29.6 Å². The molecule has 0 saturated carbocycles. The summed E-state index contributed by atoms with van der Waals surface area (Å²) in [6.07, 6.45) is 5.26. The molecule has 0 aliphatic carbocycles. The highest BCUT2D eigenvalue weighted by Gasteiger charge is 2.13. The highest BCUT2D eigenvalue weighted by molar-refractivity contribution is 5.80. The molecule has 0 aliphatic rings. The maximum absolute atomic E-state index is 12.4. The van der Waals surface area contributed by atoms with Crippen molar-refractivity contribution in [2.45, 2.75) is 20.0 Å². The Morgan fingerprint density at radius 1 is 1.11 bits per heavy atom. The van der Waals surface area contributed by atoms with Crippen LogP contribution < -0.4 is 11.0 Å².